The van der Waals surface area contributed by atoms with E-state index in [4.69, 9.17) is 32.9 Å². The highest BCUT2D eigenvalue weighted by Gasteiger charge is 2.19. The van der Waals surface area contributed by atoms with E-state index in [1.807, 2.05) is 12.1 Å². The Kier molecular flexibility index (Phi) is 10.7. The lowest BCUT2D eigenvalue weighted by molar-refractivity contribution is -0.117. The number of hydrogen-bond donors (Lipinski definition) is 1. The Morgan fingerprint density at radius 3 is 2.42 bits per heavy atom. The predicted octanol–water partition coefficient (Wildman–Crippen LogP) is 7.53. The number of benzene rings is 3. The van der Waals surface area contributed by atoms with E-state index < -0.39 is 0 Å². The minimum Gasteiger partial charge on any atom is -0.378 e. The molecule has 0 bridgehead atoms. The lowest BCUT2D eigenvalue weighted by Gasteiger charge is -2.29. The van der Waals surface area contributed by atoms with E-state index in [2.05, 4.69) is 62.1 Å². The molecule has 2 fully saturated rings. The number of likely N-dealkylation sites (tertiary alicyclic amines) is 1. The van der Waals surface area contributed by atoms with E-state index >= 15 is 0 Å². The number of aromatic nitrogens is 2. The van der Waals surface area contributed by atoms with E-state index in [0.29, 0.717) is 23.0 Å². The van der Waals surface area contributed by atoms with Crippen LogP contribution in [0.2, 0.25) is 10.0 Å². The SMILES string of the molecule is CC(=O)CC(NCc1ccc(Cl)c(Cl)c1)c1ccc2c(c1)nc(-c1ccc(N3CCOCC3)cc1)n2CCCN1CCCCC1. The number of hydrogen-bond acceptors (Lipinski definition) is 6. The Balaban J connectivity index is 1.28. The molecule has 2 aliphatic rings. The molecule has 4 aromatic rings. The molecule has 2 saturated heterocycles. The maximum Gasteiger partial charge on any atom is 0.141 e. The molecule has 0 saturated carbocycles. The lowest BCUT2D eigenvalue weighted by atomic mass is 10.0. The first-order valence-electron chi connectivity index (χ1n) is 16.3. The van der Waals surface area contributed by atoms with Crippen LogP contribution >= 0.6 is 23.2 Å². The molecule has 1 N–H and O–H groups in total. The first-order valence-corrected chi connectivity index (χ1v) is 17.0. The van der Waals surface area contributed by atoms with Crippen molar-refractivity contribution in [1.82, 2.24) is 19.8 Å². The van der Waals surface area contributed by atoms with Crippen molar-refractivity contribution < 1.29 is 9.53 Å². The number of rotatable bonds is 12. The van der Waals surface area contributed by atoms with Crippen molar-refractivity contribution >= 4 is 45.7 Å². The molecule has 0 amide bonds. The Morgan fingerprint density at radius 1 is 0.911 bits per heavy atom. The normalized spacial score (nSPS) is 16.7. The first-order chi connectivity index (χ1) is 21.9. The van der Waals surface area contributed by atoms with Crippen LogP contribution in [0.5, 0.6) is 0 Å². The zero-order valence-corrected chi connectivity index (χ0v) is 27.6. The van der Waals surface area contributed by atoms with Gasteiger partial charge in [-0.15, -0.1) is 0 Å². The van der Waals surface area contributed by atoms with Crippen molar-refractivity contribution in [3.8, 4) is 11.4 Å². The number of morpholine rings is 1. The summed E-state index contributed by atoms with van der Waals surface area (Å²) >= 11 is 12.4. The van der Waals surface area contributed by atoms with Crippen molar-refractivity contribution in [3.05, 3.63) is 81.8 Å². The van der Waals surface area contributed by atoms with Gasteiger partial charge in [0.25, 0.3) is 0 Å². The molecule has 1 aromatic heterocycles. The Labute approximate surface area is 276 Å². The highest BCUT2D eigenvalue weighted by Crippen LogP contribution is 2.31. The fraction of sp³-hybridized carbons (Fsp3) is 0.444. The van der Waals surface area contributed by atoms with Gasteiger partial charge in [0, 0.05) is 49.9 Å². The van der Waals surface area contributed by atoms with Crippen molar-refractivity contribution in [2.45, 2.75) is 58.2 Å². The molecule has 45 heavy (non-hydrogen) atoms. The van der Waals surface area contributed by atoms with E-state index in [9.17, 15) is 4.79 Å². The molecule has 0 spiro atoms. The van der Waals surface area contributed by atoms with E-state index in [0.717, 1.165) is 79.4 Å². The minimum atomic E-state index is -0.151. The zero-order valence-electron chi connectivity index (χ0n) is 26.1. The second-order valence-electron chi connectivity index (χ2n) is 12.3. The largest absolute Gasteiger partial charge is 0.378 e. The molecule has 1 unspecified atom stereocenters. The standard InChI is InChI=1S/C36H43Cl2N5O2/c1-26(44)22-33(39-25-27-6-12-31(37)32(38)23-27)29-9-13-35-34(24-29)40-36(43(35)17-5-16-41-14-3-2-4-15-41)28-7-10-30(11-8-28)42-18-20-45-21-19-42/h6-13,23-24,33,39H,2-5,14-22,25H2,1H3. The van der Waals surface area contributed by atoms with Gasteiger partial charge in [-0.05, 0) is 105 Å². The molecule has 3 heterocycles. The number of carbonyl (C=O) groups is 1. The third kappa shape index (κ3) is 8.08. The molecule has 7 nitrogen and oxygen atoms in total. The van der Waals surface area contributed by atoms with Crippen LogP contribution in [0.4, 0.5) is 5.69 Å². The molecule has 1 atom stereocenters. The van der Waals surface area contributed by atoms with Crippen molar-refractivity contribution in [3.63, 3.8) is 0 Å². The number of aryl methyl sites for hydroxylation is 1. The maximum atomic E-state index is 12.3. The third-order valence-electron chi connectivity index (χ3n) is 9.01. The van der Waals surface area contributed by atoms with Gasteiger partial charge in [-0.2, -0.15) is 0 Å². The Morgan fingerprint density at radius 2 is 1.69 bits per heavy atom. The van der Waals surface area contributed by atoms with Crippen LogP contribution in [0.25, 0.3) is 22.4 Å². The number of nitrogens with one attached hydrogen (secondary N) is 1. The number of Topliss-reactive ketones (excluding diaryl/α,β-unsaturated/α-hetero) is 1. The fourth-order valence-electron chi connectivity index (χ4n) is 6.57. The van der Waals surface area contributed by atoms with Crippen LogP contribution in [0, 0.1) is 0 Å². The van der Waals surface area contributed by atoms with Gasteiger partial charge in [0.15, 0.2) is 0 Å². The van der Waals surface area contributed by atoms with Crippen LogP contribution in [-0.2, 0) is 22.6 Å². The molecule has 0 radical (unpaired) electrons. The van der Waals surface area contributed by atoms with Gasteiger partial charge in [-0.1, -0.05) is 41.8 Å². The van der Waals surface area contributed by atoms with Crippen LogP contribution in [-0.4, -0.2) is 66.2 Å². The summed E-state index contributed by atoms with van der Waals surface area (Å²) in [6.45, 7) is 9.99. The summed E-state index contributed by atoms with van der Waals surface area (Å²) in [5.41, 5.74) is 6.46. The summed E-state index contributed by atoms with van der Waals surface area (Å²) in [6, 6.07) is 20.8. The number of imidazole rings is 1. The van der Waals surface area contributed by atoms with Gasteiger partial charge in [0.05, 0.1) is 34.3 Å². The minimum absolute atomic E-state index is 0.131. The van der Waals surface area contributed by atoms with Crippen LogP contribution in [0.15, 0.2) is 60.7 Å². The average Bonchev–Trinajstić information content (AvgIpc) is 3.43. The second-order valence-corrected chi connectivity index (χ2v) is 13.1. The van der Waals surface area contributed by atoms with Crippen LogP contribution in [0.3, 0.4) is 0 Å². The average molecular weight is 649 g/mol. The summed E-state index contributed by atoms with van der Waals surface area (Å²) in [6.07, 6.45) is 5.42. The highest BCUT2D eigenvalue weighted by atomic mass is 35.5. The van der Waals surface area contributed by atoms with Crippen LogP contribution in [0.1, 0.15) is 56.2 Å². The lowest BCUT2D eigenvalue weighted by Crippen LogP contribution is -2.36. The Bertz CT molecular complexity index is 1590. The summed E-state index contributed by atoms with van der Waals surface area (Å²) in [4.78, 5) is 22.5. The number of ketones is 1. The molecule has 6 rings (SSSR count). The van der Waals surface area contributed by atoms with Gasteiger partial charge in [0.1, 0.15) is 11.6 Å². The zero-order chi connectivity index (χ0) is 31.2. The van der Waals surface area contributed by atoms with E-state index in [1.54, 1.807) is 13.0 Å². The smallest absolute Gasteiger partial charge is 0.141 e. The topological polar surface area (TPSA) is 62.6 Å². The van der Waals surface area contributed by atoms with Crippen molar-refractivity contribution in [1.29, 1.82) is 0 Å². The summed E-state index contributed by atoms with van der Waals surface area (Å²) < 4.78 is 7.93. The van der Waals surface area contributed by atoms with Crippen LogP contribution < -0.4 is 10.2 Å². The highest BCUT2D eigenvalue weighted by molar-refractivity contribution is 6.42. The summed E-state index contributed by atoms with van der Waals surface area (Å²) in [5, 5.41) is 4.64. The summed E-state index contributed by atoms with van der Waals surface area (Å²) in [5.74, 6) is 1.12. The predicted molar refractivity (Wildman–Crippen MR) is 184 cm³/mol. The van der Waals surface area contributed by atoms with Gasteiger partial charge < -0.3 is 24.4 Å². The number of halogens is 2. The third-order valence-corrected chi connectivity index (χ3v) is 9.75. The molecule has 2 aliphatic heterocycles. The van der Waals surface area contributed by atoms with E-state index in [-0.39, 0.29) is 11.8 Å². The number of fused-ring (bicyclic) bond motifs is 1. The van der Waals surface area contributed by atoms with Gasteiger partial charge in [-0.25, -0.2) is 4.98 Å². The first kappa shape index (κ1) is 32.0. The summed E-state index contributed by atoms with van der Waals surface area (Å²) in [7, 11) is 0. The molecular weight excluding hydrogens is 605 g/mol. The number of ether oxygens (including phenoxy) is 1. The number of piperidine rings is 1. The quantitative estimate of drug-likeness (QED) is 0.171. The van der Waals surface area contributed by atoms with Gasteiger partial charge in [0.2, 0.25) is 0 Å². The number of carbonyl (C=O) groups excluding carboxylic acids is 1. The van der Waals surface area contributed by atoms with Crippen molar-refractivity contribution in [2.24, 2.45) is 0 Å². The molecule has 238 valence electrons. The van der Waals surface area contributed by atoms with E-state index in [1.165, 1.54) is 38.0 Å². The maximum absolute atomic E-state index is 12.3. The molecule has 0 aliphatic carbocycles. The molecule has 9 heteroatoms. The molecule has 3 aromatic carbocycles. The number of nitrogens with zero attached hydrogens (tertiary/aromatic N) is 4. The van der Waals surface area contributed by atoms with Gasteiger partial charge >= 0.3 is 0 Å². The molecular formula is C36H43Cl2N5O2. The Hall–Kier alpha value is -2.94. The number of anilines is 1. The monoisotopic (exact) mass is 647 g/mol. The van der Waals surface area contributed by atoms with Gasteiger partial charge in [-0.3, -0.25) is 4.79 Å². The second kappa shape index (κ2) is 15.1. The van der Waals surface area contributed by atoms with Crippen molar-refractivity contribution in [2.75, 3.05) is 50.8 Å². The fourth-order valence-corrected chi connectivity index (χ4v) is 6.90.